The Kier molecular flexibility index (Phi) is 2.80. The highest BCUT2D eigenvalue weighted by Crippen LogP contribution is 2.08. The Morgan fingerprint density at radius 1 is 1.50 bits per heavy atom. The van der Waals surface area contributed by atoms with Crippen molar-refractivity contribution in [2.75, 3.05) is 6.86 Å². The van der Waals surface area contributed by atoms with E-state index in [4.69, 9.17) is 0 Å². The number of carbonyl (C=O) groups excluding carboxylic acids is 1. The standard InChI is InChI=1S/C9H9FO2/c1-7-4-2-3-5-8(7)9(11)12-6-10/h2-5H,6H2,1H3. The number of carbonyl (C=O) groups is 1. The summed E-state index contributed by atoms with van der Waals surface area (Å²) >= 11 is 0. The summed E-state index contributed by atoms with van der Waals surface area (Å²) < 4.78 is 15.8. The predicted molar refractivity (Wildman–Crippen MR) is 42.6 cm³/mol. The lowest BCUT2D eigenvalue weighted by Gasteiger charge is -2.02. The molecule has 0 heterocycles. The van der Waals surface area contributed by atoms with E-state index in [1.54, 1.807) is 25.1 Å². The number of halogens is 1. The van der Waals surface area contributed by atoms with Crippen molar-refractivity contribution in [3.05, 3.63) is 35.4 Å². The van der Waals surface area contributed by atoms with Crippen LogP contribution in [0.5, 0.6) is 0 Å². The summed E-state index contributed by atoms with van der Waals surface area (Å²) in [5, 5.41) is 0. The molecule has 1 aromatic rings. The molecule has 1 rings (SSSR count). The van der Waals surface area contributed by atoms with E-state index in [0.717, 1.165) is 5.56 Å². The van der Waals surface area contributed by atoms with Crippen LogP contribution in [0.25, 0.3) is 0 Å². The molecule has 0 atom stereocenters. The molecule has 0 radical (unpaired) electrons. The Morgan fingerprint density at radius 3 is 2.75 bits per heavy atom. The number of ether oxygens (including phenoxy) is 1. The van der Waals surface area contributed by atoms with Crippen LogP contribution in [0.4, 0.5) is 4.39 Å². The summed E-state index contributed by atoms with van der Waals surface area (Å²) in [5.41, 5.74) is 1.20. The van der Waals surface area contributed by atoms with Crippen molar-refractivity contribution in [1.82, 2.24) is 0 Å². The third-order valence-corrected chi connectivity index (χ3v) is 1.55. The molecule has 0 amide bonds. The summed E-state index contributed by atoms with van der Waals surface area (Å²) in [6.07, 6.45) is 0. The van der Waals surface area contributed by atoms with Crippen LogP contribution in [0.2, 0.25) is 0 Å². The molecule has 0 N–H and O–H groups in total. The van der Waals surface area contributed by atoms with E-state index in [2.05, 4.69) is 4.74 Å². The van der Waals surface area contributed by atoms with Crippen molar-refractivity contribution >= 4 is 5.97 Å². The second-order valence-corrected chi connectivity index (χ2v) is 2.36. The van der Waals surface area contributed by atoms with E-state index >= 15 is 0 Å². The van der Waals surface area contributed by atoms with Crippen molar-refractivity contribution in [3.8, 4) is 0 Å². The zero-order chi connectivity index (χ0) is 8.97. The lowest BCUT2D eigenvalue weighted by atomic mass is 10.1. The van der Waals surface area contributed by atoms with Gasteiger partial charge in [-0.3, -0.25) is 0 Å². The van der Waals surface area contributed by atoms with Gasteiger partial charge in [0.25, 0.3) is 0 Å². The zero-order valence-electron chi connectivity index (χ0n) is 6.71. The molecule has 0 aliphatic rings. The van der Waals surface area contributed by atoms with Gasteiger partial charge in [0.15, 0.2) is 0 Å². The SMILES string of the molecule is Cc1ccccc1C(=O)OCF. The molecule has 0 bridgehead atoms. The molecular formula is C9H9FO2. The number of hydrogen-bond donors (Lipinski definition) is 0. The van der Waals surface area contributed by atoms with E-state index in [1.165, 1.54) is 0 Å². The molecule has 0 spiro atoms. The average Bonchev–Trinajstić information content (AvgIpc) is 2.05. The minimum absolute atomic E-state index is 0.412. The third-order valence-electron chi connectivity index (χ3n) is 1.55. The third kappa shape index (κ3) is 1.81. The van der Waals surface area contributed by atoms with Crippen molar-refractivity contribution in [1.29, 1.82) is 0 Å². The fourth-order valence-corrected chi connectivity index (χ4v) is 0.929. The van der Waals surface area contributed by atoms with Crippen LogP contribution in [-0.4, -0.2) is 12.8 Å². The van der Waals surface area contributed by atoms with Crippen molar-refractivity contribution in [2.24, 2.45) is 0 Å². The summed E-state index contributed by atoms with van der Waals surface area (Å²) in [4.78, 5) is 11.0. The van der Waals surface area contributed by atoms with Crippen LogP contribution < -0.4 is 0 Å². The Hall–Kier alpha value is -1.38. The molecule has 0 aliphatic carbocycles. The minimum Gasteiger partial charge on any atom is -0.430 e. The van der Waals surface area contributed by atoms with Gasteiger partial charge in [0.2, 0.25) is 6.86 Å². The molecular weight excluding hydrogens is 159 g/mol. The van der Waals surface area contributed by atoms with Gasteiger partial charge in [-0.15, -0.1) is 0 Å². The highest BCUT2D eigenvalue weighted by molar-refractivity contribution is 5.90. The molecule has 0 saturated carbocycles. The molecule has 0 aliphatic heterocycles. The van der Waals surface area contributed by atoms with Gasteiger partial charge in [-0.05, 0) is 18.6 Å². The highest BCUT2D eigenvalue weighted by atomic mass is 19.1. The fraction of sp³-hybridized carbons (Fsp3) is 0.222. The first-order chi connectivity index (χ1) is 5.75. The normalized spacial score (nSPS) is 9.50. The summed E-state index contributed by atoms with van der Waals surface area (Å²) in [6.45, 7) is 0.696. The maximum atomic E-state index is 11.6. The molecule has 0 unspecified atom stereocenters. The van der Waals surface area contributed by atoms with Crippen molar-refractivity contribution < 1.29 is 13.9 Å². The summed E-state index contributed by atoms with van der Waals surface area (Å²) in [6, 6.07) is 6.89. The van der Waals surface area contributed by atoms with Crippen LogP contribution >= 0.6 is 0 Å². The average molecular weight is 168 g/mol. The van der Waals surface area contributed by atoms with Gasteiger partial charge in [-0.2, -0.15) is 0 Å². The van der Waals surface area contributed by atoms with Gasteiger partial charge in [0.1, 0.15) is 0 Å². The first-order valence-corrected chi connectivity index (χ1v) is 3.54. The minimum atomic E-state index is -1.08. The largest absolute Gasteiger partial charge is 0.430 e. The van der Waals surface area contributed by atoms with Gasteiger partial charge < -0.3 is 4.74 Å². The predicted octanol–water partition coefficient (Wildman–Crippen LogP) is 2.08. The molecule has 0 aromatic heterocycles. The van der Waals surface area contributed by atoms with Crippen LogP contribution in [-0.2, 0) is 4.74 Å². The number of hydrogen-bond acceptors (Lipinski definition) is 2. The van der Waals surface area contributed by atoms with E-state index in [-0.39, 0.29) is 0 Å². The Balaban J connectivity index is 2.87. The quantitative estimate of drug-likeness (QED) is 0.632. The van der Waals surface area contributed by atoms with Crippen LogP contribution in [0.1, 0.15) is 15.9 Å². The van der Waals surface area contributed by atoms with E-state index in [1.807, 2.05) is 6.07 Å². The maximum absolute atomic E-state index is 11.6. The number of aryl methyl sites for hydroxylation is 1. The molecule has 3 heteroatoms. The molecule has 0 saturated heterocycles. The zero-order valence-corrected chi connectivity index (χ0v) is 6.71. The molecule has 0 fully saturated rings. The van der Waals surface area contributed by atoms with E-state index < -0.39 is 12.8 Å². The summed E-state index contributed by atoms with van der Waals surface area (Å²) in [7, 11) is 0. The number of alkyl halides is 1. The molecule has 1 aromatic carbocycles. The first kappa shape index (κ1) is 8.71. The monoisotopic (exact) mass is 168 g/mol. The lowest BCUT2D eigenvalue weighted by molar-refractivity contribution is 0.0323. The second kappa shape index (κ2) is 3.85. The topological polar surface area (TPSA) is 26.3 Å². The van der Waals surface area contributed by atoms with Gasteiger partial charge in [0, 0.05) is 0 Å². The summed E-state index contributed by atoms with van der Waals surface area (Å²) in [5.74, 6) is -0.615. The Labute approximate surface area is 70.0 Å². The smallest absolute Gasteiger partial charge is 0.340 e. The maximum Gasteiger partial charge on any atom is 0.340 e. The van der Waals surface area contributed by atoms with Gasteiger partial charge in [-0.25, -0.2) is 9.18 Å². The number of benzene rings is 1. The number of esters is 1. The van der Waals surface area contributed by atoms with E-state index in [0.29, 0.717) is 5.56 Å². The molecule has 2 nitrogen and oxygen atoms in total. The van der Waals surface area contributed by atoms with Crippen molar-refractivity contribution in [2.45, 2.75) is 6.92 Å². The molecule has 12 heavy (non-hydrogen) atoms. The van der Waals surface area contributed by atoms with Crippen molar-refractivity contribution in [3.63, 3.8) is 0 Å². The second-order valence-electron chi connectivity index (χ2n) is 2.36. The van der Waals surface area contributed by atoms with Gasteiger partial charge >= 0.3 is 5.97 Å². The van der Waals surface area contributed by atoms with Gasteiger partial charge in [-0.1, -0.05) is 18.2 Å². The highest BCUT2D eigenvalue weighted by Gasteiger charge is 2.08. The van der Waals surface area contributed by atoms with Crippen LogP contribution in [0.3, 0.4) is 0 Å². The van der Waals surface area contributed by atoms with Gasteiger partial charge in [0.05, 0.1) is 5.56 Å². The Morgan fingerprint density at radius 2 is 2.17 bits per heavy atom. The van der Waals surface area contributed by atoms with E-state index in [9.17, 15) is 9.18 Å². The Bertz CT molecular complexity index is 284. The first-order valence-electron chi connectivity index (χ1n) is 3.54. The fourth-order valence-electron chi connectivity index (χ4n) is 0.929. The van der Waals surface area contributed by atoms with Crippen LogP contribution in [0, 0.1) is 6.92 Å². The van der Waals surface area contributed by atoms with Crippen LogP contribution in [0.15, 0.2) is 24.3 Å². The lowest BCUT2D eigenvalue weighted by Crippen LogP contribution is -2.05. The number of rotatable bonds is 2. The molecule has 64 valence electrons.